The molecule has 2 N–H and O–H groups in total. The highest BCUT2D eigenvalue weighted by atomic mass is 19.1. The number of rotatable bonds is 3. The van der Waals surface area contributed by atoms with Gasteiger partial charge in [0.15, 0.2) is 0 Å². The number of nitrogens with zero attached hydrogens (tertiary/aromatic N) is 2. The number of aromatic nitrogens is 1. The maximum atomic E-state index is 13.2. The third kappa shape index (κ3) is 2.88. The first-order valence-corrected chi connectivity index (χ1v) is 5.90. The van der Waals surface area contributed by atoms with Crippen molar-refractivity contribution >= 4 is 17.3 Å². The van der Waals surface area contributed by atoms with Crippen LogP contribution in [-0.4, -0.2) is 17.4 Å². The van der Waals surface area contributed by atoms with Crippen molar-refractivity contribution in [3.05, 3.63) is 54.1 Å². The van der Waals surface area contributed by atoms with E-state index in [0.717, 1.165) is 0 Å². The van der Waals surface area contributed by atoms with Crippen molar-refractivity contribution in [2.75, 3.05) is 17.2 Å². The largest absolute Gasteiger partial charge is 0.399 e. The van der Waals surface area contributed by atoms with Crippen LogP contribution >= 0.6 is 0 Å². The van der Waals surface area contributed by atoms with Crippen LogP contribution in [-0.2, 0) is 0 Å². The Bertz CT molecular complexity index is 601. The predicted molar refractivity (Wildman–Crippen MR) is 72.4 cm³/mol. The molecule has 1 aromatic carbocycles. The molecule has 0 aliphatic carbocycles. The average Bonchev–Trinajstić information content (AvgIpc) is 2.39. The summed E-state index contributed by atoms with van der Waals surface area (Å²) >= 11 is 0. The summed E-state index contributed by atoms with van der Waals surface area (Å²) in [6.07, 6.45) is 1.47. The van der Waals surface area contributed by atoms with Crippen LogP contribution in [0.1, 0.15) is 17.4 Å². The summed E-state index contributed by atoms with van der Waals surface area (Å²) in [5.74, 6) is -0.690. The van der Waals surface area contributed by atoms with E-state index >= 15 is 0 Å². The van der Waals surface area contributed by atoms with E-state index in [0.29, 0.717) is 17.9 Å². The van der Waals surface area contributed by atoms with E-state index in [9.17, 15) is 9.18 Å². The predicted octanol–water partition coefficient (Wildman–Crippen LogP) is 2.47. The van der Waals surface area contributed by atoms with Gasteiger partial charge in [0, 0.05) is 24.1 Å². The second-order valence-electron chi connectivity index (χ2n) is 4.00. The second kappa shape index (κ2) is 5.48. The number of carbonyl (C=O) groups is 1. The zero-order valence-electron chi connectivity index (χ0n) is 10.5. The fourth-order valence-corrected chi connectivity index (χ4v) is 1.79. The van der Waals surface area contributed by atoms with E-state index in [1.165, 1.54) is 29.3 Å². The normalized spacial score (nSPS) is 10.2. The van der Waals surface area contributed by atoms with Gasteiger partial charge in [0.05, 0.1) is 0 Å². The number of hydrogen-bond acceptors (Lipinski definition) is 3. The number of halogens is 1. The van der Waals surface area contributed by atoms with Crippen LogP contribution in [0, 0.1) is 5.82 Å². The highest BCUT2D eigenvalue weighted by Crippen LogP contribution is 2.18. The quantitative estimate of drug-likeness (QED) is 0.921. The van der Waals surface area contributed by atoms with E-state index < -0.39 is 0 Å². The van der Waals surface area contributed by atoms with Crippen molar-refractivity contribution < 1.29 is 9.18 Å². The molecule has 98 valence electrons. The second-order valence-corrected chi connectivity index (χ2v) is 4.00. The van der Waals surface area contributed by atoms with E-state index in [1.54, 1.807) is 18.2 Å². The molecule has 0 bridgehead atoms. The lowest BCUT2D eigenvalue weighted by Gasteiger charge is -2.20. The van der Waals surface area contributed by atoms with Crippen LogP contribution in [0.25, 0.3) is 0 Å². The Morgan fingerprint density at radius 2 is 2.16 bits per heavy atom. The Hall–Kier alpha value is -2.43. The summed E-state index contributed by atoms with van der Waals surface area (Å²) in [7, 11) is 0. The smallest absolute Gasteiger partial charge is 0.276 e. The minimum atomic E-state index is -0.385. The summed E-state index contributed by atoms with van der Waals surface area (Å²) in [4.78, 5) is 17.8. The number of nitrogens with two attached hydrogens (primary N) is 1. The monoisotopic (exact) mass is 259 g/mol. The molecule has 1 heterocycles. The summed E-state index contributed by atoms with van der Waals surface area (Å²) in [5, 5.41) is 0. The fraction of sp³-hybridized carbons (Fsp3) is 0.143. The van der Waals surface area contributed by atoms with Gasteiger partial charge in [0.2, 0.25) is 0 Å². The Labute approximate surface area is 110 Å². The van der Waals surface area contributed by atoms with Crippen LogP contribution in [0.3, 0.4) is 0 Å². The van der Waals surface area contributed by atoms with Crippen LogP contribution in [0.2, 0.25) is 0 Å². The molecule has 0 spiro atoms. The molecule has 5 heteroatoms. The van der Waals surface area contributed by atoms with Crippen molar-refractivity contribution in [2.24, 2.45) is 0 Å². The first-order valence-electron chi connectivity index (χ1n) is 5.90. The van der Waals surface area contributed by atoms with Gasteiger partial charge in [0.1, 0.15) is 11.5 Å². The topological polar surface area (TPSA) is 59.2 Å². The minimum Gasteiger partial charge on any atom is -0.399 e. The molecule has 1 amide bonds. The first-order chi connectivity index (χ1) is 9.11. The van der Waals surface area contributed by atoms with Gasteiger partial charge in [0.25, 0.3) is 5.91 Å². The molecule has 0 saturated carbocycles. The Kier molecular flexibility index (Phi) is 3.75. The number of pyridine rings is 1. The van der Waals surface area contributed by atoms with Gasteiger partial charge in [-0.1, -0.05) is 6.07 Å². The van der Waals surface area contributed by atoms with Crippen molar-refractivity contribution in [3.8, 4) is 0 Å². The molecule has 0 radical (unpaired) electrons. The number of anilines is 2. The third-order valence-electron chi connectivity index (χ3n) is 2.68. The van der Waals surface area contributed by atoms with Gasteiger partial charge < -0.3 is 10.6 Å². The number of hydrogen-bond donors (Lipinski definition) is 1. The van der Waals surface area contributed by atoms with Crippen LogP contribution in [0.5, 0.6) is 0 Å². The lowest BCUT2D eigenvalue weighted by Crippen LogP contribution is -2.31. The summed E-state index contributed by atoms with van der Waals surface area (Å²) in [6, 6.07) is 9.00. The van der Waals surface area contributed by atoms with Crippen molar-refractivity contribution in [2.45, 2.75) is 6.92 Å². The standard InChI is InChI=1S/C14H14FN3O/c1-2-18(12-5-3-4-10(15)8-12)14(19)13-9-11(16)6-7-17-13/h3-9H,2H2,1H3,(H2,16,17). The van der Waals surface area contributed by atoms with Crippen molar-refractivity contribution in [3.63, 3.8) is 0 Å². The van der Waals surface area contributed by atoms with E-state index in [2.05, 4.69) is 4.98 Å². The zero-order valence-corrected chi connectivity index (χ0v) is 10.5. The Balaban J connectivity index is 2.34. The number of benzene rings is 1. The fourth-order valence-electron chi connectivity index (χ4n) is 1.79. The molecular formula is C14H14FN3O. The van der Waals surface area contributed by atoms with Crippen LogP contribution in [0.4, 0.5) is 15.8 Å². The molecule has 4 nitrogen and oxygen atoms in total. The average molecular weight is 259 g/mol. The Morgan fingerprint density at radius 3 is 2.79 bits per heavy atom. The zero-order chi connectivity index (χ0) is 13.8. The molecule has 1 aromatic heterocycles. The Morgan fingerprint density at radius 1 is 1.37 bits per heavy atom. The van der Waals surface area contributed by atoms with E-state index in [4.69, 9.17) is 5.73 Å². The maximum absolute atomic E-state index is 13.2. The molecule has 19 heavy (non-hydrogen) atoms. The molecule has 2 rings (SSSR count). The molecule has 0 unspecified atom stereocenters. The van der Waals surface area contributed by atoms with Gasteiger partial charge in [-0.15, -0.1) is 0 Å². The van der Waals surface area contributed by atoms with E-state index in [1.807, 2.05) is 6.92 Å². The van der Waals surface area contributed by atoms with Crippen LogP contribution < -0.4 is 10.6 Å². The minimum absolute atomic E-state index is 0.242. The molecule has 2 aromatic rings. The van der Waals surface area contributed by atoms with Gasteiger partial charge >= 0.3 is 0 Å². The number of amides is 1. The lowest BCUT2D eigenvalue weighted by atomic mass is 10.2. The van der Waals surface area contributed by atoms with Crippen LogP contribution in [0.15, 0.2) is 42.6 Å². The van der Waals surface area contributed by atoms with Gasteiger partial charge in [-0.05, 0) is 37.3 Å². The van der Waals surface area contributed by atoms with Gasteiger partial charge in [-0.25, -0.2) is 4.39 Å². The third-order valence-corrected chi connectivity index (χ3v) is 2.68. The maximum Gasteiger partial charge on any atom is 0.276 e. The summed E-state index contributed by atoms with van der Waals surface area (Å²) in [5.41, 5.74) is 6.84. The van der Waals surface area contributed by atoms with E-state index in [-0.39, 0.29) is 17.4 Å². The number of nitrogen functional groups attached to an aromatic ring is 1. The molecule has 0 fully saturated rings. The molecular weight excluding hydrogens is 245 g/mol. The summed E-state index contributed by atoms with van der Waals surface area (Å²) in [6.45, 7) is 2.23. The van der Waals surface area contributed by atoms with Crippen molar-refractivity contribution in [1.29, 1.82) is 0 Å². The number of carbonyl (C=O) groups excluding carboxylic acids is 1. The van der Waals surface area contributed by atoms with Gasteiger partial charge in [-0.2, -0.15) is 0 Å². The molecule has 0 aliphatic heterocycles. The highest BCUT2D eigenvalue weighted by Gasteiger charge is 2.17. The molecule has 0 atom stereocenters. The highest BCUT2D eigenvalue weighted by molar-refractivity contribution is 6.05. The van der Waals surface area contributed by atoms with Crippen molar-refractivity contribution in [1.82, 2.24) is 4.98 Å². The lowest BCUT2D eigenvalue weighted by molar-refractivity contribution is 0.0983. The van der Waals surface area contributed by atoms with Gasteiger partial charge in [-0.3, -0.25) is 9.78 Å². The molecule has 0 saturated heterocycles. The molecule has 0 aliphatic rings. The first kappa shape index (κ1) is 13.0. The summed E-state index contributed by atoms with van der Waals surface area (Å²) < 4.78 is 13.2. The SMILES string of the molecule is CCN(C(=O)c1cc(N)ccn1)c1cccc(F)c1.